The molecule has 6 nitrogen and oxygen atoms in total. The van der Waals surface area contributed by atoms with Gasteiger partial charge in [0.1, 0.15) is 5.76 Å². The van der Waals surface area contributed by atoms with Crippen molar-refractivity contribution in [1.82, 2.24) is 14.9 Å². The number of hydrogen-bond acceptors (Lipinski definition) is 5. The summed E-state index contributed by atoms with van der Waals surface area (Å²) in [5.74, 6) is 1.22. The first kappa shape index (κ1) is 18.2. The lowest BCUT2D eigenvalue weighted by Gasteiger charge is -2.23. The second kappa shape index (κ2) is 7.93. The van der Waals surface area contributed by atoms with Crippen LogP contribution in [0, 0.1) is 5.92 Å². The van der Waals surface area contributed by atoms with Gasteiger partial charge in [0, 0.05) is 12.6 Å². The molecule has 0 aliphatic heterocycles. The van der Waals surface area contributed by atoms with Gasteiger partial charge in [0.2, 0.25) is 5.09 Å². The number of furan rings is 1. The summed E-state index contributed by atoms with van der Waals surface area (Å²) in [6, 6.07) is 3.51. The number of likely N-dealkylation sites (N-methyl/N-ethyl adjacent to an activating group) is 1. The molecule has 1 rings (SSSR count). The van der Waals surface area contributed by atoms with E-state index in [0.717, 1.165) is 13.0 Å². The van der Waals surface area contributed by atoms with Gasteiger partial charge in [-0.1, -0.05) is 13.8 Å². The van der Waals surface area contributed by atoms with Crippen molar-refractivity contribution in [1.29, 1.82) is 0 Å². The fourth-order valence-corrected chi connectivity index (χ4v) is 2.84. The van der Waals surface area contributed by atoms with Crippen molar-refractivity contribution in [3.05, 3.63) is 17.9 Å². The molecule has 2 N–H and O–H groups in total. The van der Waals surface area contributed by atoms with Gasteiger partial charge in [-0.15, -0.1) is 0 Å². The Morgan fingerprint density at radius 3 is 2.48 bits per heavy atom. The smallest absolute Gasteiger partial charge is 0.273 e. The van der Waals surface area contributed by atoms with Gasteiger partial charge < -0.3 is 14.6 Å². The minimum Gasteiger partial charge on any atom is -0.447 e. The van der Waals surface area contributed by atoms with E-state index in [2.05, 4.69) is 28.8 Å². The number of nitrogens with one attached hydrogen (secondary N) is 2. The molecule has 0 radical (unpaired) electrons. The third-order valence-corrected chi connectivity index (χ3v) is 4.36. The first-order valence-corrected chi connectivity index (χ1v) is 8.63. The van der Waals surface area contributed by atoms with E-state index >= 15 is 0 Å². The van der Waals surface area contributed by atoms with Crippen LogP contribution in [0.4, 0.5) is 0 Å². The molecular formula is C14H27N3O3S. The Morgan fingerprint density at radius 2 is 1.95 bits per heavy atom. The van der Waals surface area contributed by atoms with E-state index < -0.39 is 10.0 Å². The van der Waals surface area contributed by atoms with Crippen molar-refractivity contribution in [2.45, 2.75) is 37.9 Å². The van der Waals surface area contributed by atoms with Crippen LogP contribution in [0.2, 0.25) is 0 Å². The Morgan fingerprint density at radius 1 is 1.29 bits per heavy atom. The first-order valence-electron chi connectivity index (χ1n) is 7.15. The molecule has 0 amide bonds. The third kappa shape index (κ3) is 6.17. The van der Waals surface area contributed by atoms with Gasteiger partial charge in [0.25, 0.3) is 10.0 Å². The lowest BCUT2D eigenvalue weighted by Crippen LogP contribution is -2.38. The van der Waals surface area contributed by atoms with Gasteiger partial charge in [-0.05, 0) is 45.6 Å². The molecular weight excluding hydrogens is 290 g/mol. The molecule has 1 heterocycles. The molecule has 7 heteroatoms. The Labute approximate surface area is 127 Å². The highest BCUT2D eigenvalue weighted by Gasteiger charge is 2.17. The summed E-state index contributed by atoms with van der Waals surface area (Å²) in [4.78, 5) is 2.14. The van der Waals surface area contributed by atoms with Gasteiger partial charge in [-0.2, -0.15) is 0 Å². The van der Waals surface area contributed by atoms with Crippen LogP contribution < -0.4 is 10.0 Å². The van der Waals surface area contributed by atoms with E-state index in [9.17, 15) is 8.42 Å². The van der Waals surface area contributed by atoms with Crippen LogP contribution in [0.5, 0.6) is 0 Å². The Kier molecular flexibility index (Phi) is 6.86. The van der Waals surface area contributed by atoms with Gasteiger partial charge in [-0.3, -0.25) is 0 Å². The molecule has 1 atom stereocenters. The summed E-state index contributed by atoms with van der Waals surface area (Å²) in [7, 11) is 1.94. The highest BCUT2D eigenvalue weighted by atomic mass is 32.2. The number of rotatable bonds is 9. The zero-order chi connectivity index (χ0) is 16.0. The molecule has 0 spiro atoms. The minimum atomic E-state index is -3.51. The second-order valence-electron chi connectivity index (χ2n) is 5.90. The van der Waals surface area contributed by atoms with Crippen LogP contribution in [0.25, 0.3) is 0 Å². The van der Waals surface area contributed by atoms with Crippen LogP contribution in [-0.2, 0) is 16.6 Å². The molecule has 0 fully saturated rings. The molecule has 0 aromatic carbocycles. The van der Waals surface area contributed by atoms with Crippen LogP contribution in [-0.4, -0.2) is 47.0 Å². The van der Waals surface area contributed by atoms with Crippen molar-refractivity contribution in [3.63, 3.8) is 0 Å². The maximum Gasteiger partial charge on any atom is 0.273 e. The summed E-state index contributed by atoms with van der Waals surface area (Å²) in [6.45, 7) is 5.83. The molecule has 0 aliphatic rings. The Bertz CT molecular complexity index is 513. The third-order valence-electron chi connectivity index (χ3n) is 3.08. The van der Waals surface area contributed by atoms with Crippen LogP contribution >= 0.6 is 0 Å². The average Bonchev–Trinajstić information content (AvgIpc) is 2.84. The predicted octanol–water partition coefficient (Wildman–Crippen LogP) is 1.25. The lowest BCUT2D eigenvalue weighted by molar-refractivity contribution is 0.294. The summed E-state index contributed by atoms with van der Waals surface area (Å²) in [5, 5.41) is 3.38. The fourth-order valence-electron chi connectivity index (χ4n) is 2.18. The number of sulfonamides is 1. The van der Waals surface area contributed by atoms with Crippen molar-refractivity contribution in [3.8, 4) is 0 Å². The standard InChI is InChI=1S/C14H27N3O3S/c1-11(2)8-12(10-17(4)5)16-9-13-6-7-14(20-13)21(18,19)15-3/h6-7,11-12,15-16H,8-10H2,1-5H3. The molecule has 0 aliphatic carbocycles. The highest BCUT2D eigenvalue weighted by molar-refractivity contribution is 7.89. The van der Waals surface area contributed by atoms with Crippen molar-refractivity contribution < 1.29 is 12.8 Å². The Balaban J connectivity index is 2.64. The summed E-state index contributed by atoms with van der Waals surface area (Å²) < 4.78 is 30.8. The molecule has 1 aromatic heterocycles. The maximum atomic E-state index is 11.6. The van der Waals surface area contributed by atoms with E-state index in [-0.39, 0.29) is 5.09 Å². The second-order valence-corrected chi connectivity index (χ2v) is 7.72. The molecule has 1 unspecified atom stereocenters. The Hall–Kier alpha value is -0.890. The van der Waals surface area contributed by atoms with Crippen molar-refractivity contribution >= 4 is 10.0 Å². The summed E-state index contributed by atoms with van der Waals surface area (Å²) in [6.07, 6.45) is 1.06. The summed E-state index contributed by atoms with van der Waals surface area (Å²) >= 11 is 0. The maximum absolute atomic E-state index is 11.6. The molecule has 0 saturated carbocycles. The fraction of sp³-hybridized carbons (Fsp3) is 0.714. The van der Waals surface area contributed by atoms with Gasteiger partial charge in [0.15, 0.2) is 0 Å². The monoisotopic (exact) mass is 317 g/mol. The highest BCUT2D eigenvalue weighted by Crippen LogP contribution is 2.14. The normalized spacial score (nSPS) is 14.0. The predicted molar refractivity (Wildman–Crippen MR) is 83.6 cm³/mol. The topological polar surface area (TPSA) is 74.6 Å². The molecule has 21 heavy (non-hydrogen) atoms. The van der Waals surface area contributed by atoms with E-state index in [4.69, 9.17) is 4.42 Å². The van der Waals surface area contributed by atoms with E-state index in [1.54, 1.807) is 6.07 Å². The molecule has 122 valence electrons. The van der Waals surface area contributed by atoms with E-state index in [1.165, 1.54) is 13.1 Å². The van der Waals surface area contributed by atoms with Crippen molar-refractivity contribution in [2.75, 3.05) is 27.7 Å². The minimum absolute atomic E-state index is 0.0465. The quantitative estimate of drug-likeness (QED) is 0.717. The number of nitrogens with zero attached hydrogens (tertiary/aromatic N) is 1. The SMILES string of the molecule is CNS(=O)(=O)c1ccc(CNC(CC(C)C)CN(C)C)o1. The number of hydrogen-bond donors (Lipinski definition) is 2. The van der Waals surface area contributed by atoms with Gasteiger partial charge in [-0.25, -0.2) is 13.1 Å². The van der Waals surface area contributed by atoms with Crippen LogP contribution in [0.15, 0.2) is 21.6 Å². The van der Waals surface area contributed by atoms with Crippen LogP contribution in [0.1, 0.15) is 26.0 Å². The van der Waals surface area contributed by atoms with E-state index in [1.807, 2.05) is 14.1 Å². The largest absolute Gasteiger partial charge is 0.447 e. The molecule has 0 saturated heterocycles. The van der Waals surface area contributed by atoms with Crippen molar-refractivity contribution in [2.24, 2.45) is 5.92 Å². The molecule has 0 bridgehead atoms. The first-order chi connectivity index (χ1) is 9.74. The zero-order valence-corrected chi connectivity index (χ0v) is 14.3. The zero-order valence-electron chi connectivity index (χ0n) is 13.5. The lowest BCUT2D eigenvalue weighted by atomic mass is 10.0. The van der Waals surface area contributed by atoms with Crippen LogP contribution in [0.3, 0.4) is 0 Å². The molecule has 1 aromatic rings. The van der Waals surface area contributed by atoms with Gasteiger partial charge >= 0.3 is 0 Å². The van der Waals surface area contributed by atoms with Gasteiger partial charge in [0.05, 0.1) is 6.54 Å². The van der Waals surface area contributed by atoms with E-state index in [0.29, 0.717) is 24.3 Å². The average molecular weight is 317 g/mol. The summed E-state index contributed by atoms with van der Waals surface area (Å²) in [5.41, 5.74) is 0.